The highest BCUT2D eigenvalue weighted by molar-refractivity contribution is 5.94. The molecule has 1 aliphatic heterocycles. The molecule has 6 heteroatoms. The van der Waals surface area contributed by atoms with Gasteiger partial charge in [-0.05, 0) is 31.0 Å². The maximum absolute atomic E-state index is 12.8. The lowest BCUT2D eigenvalue weighted by molar-refractivity contribution is 0.0908. The monoisotopic (exact) mass is 343 g/mol. The van der Waals surface area contributed by atoms with E-state index in [1.54, 1.807) is 7.11 Å². The van der Waals surface area contributed by atoms with Gasteiger partial charge in [-0.1, -0.05) is 18.2 Å². The van der Waals surface area contributed by atoms with E-state index in [2.05, 4.69) is 21.3 Å². The van der Waals surface area contributed by atoms with Crippen LogP contribution in [-0.2, 0) is 6.54 Å². The number of nitrogens with one attached hydrogen (secondary N) is 1. The van der Waals surface area contributed by atoms with Crippen LogP contribution >= 0.6 is 0 Å². The number of nitrogens with zero attached hydrogens (tertiary/aromatic N) is 2. The molecule has 1 amide bonds. The number of ether oxygens (including phenoxy) is 1. The summed E-state index contributed by atoms with van der Waals surface area (Å²) < 4.78 is 18.2. The number of amides is 1. The van der Waals surface area contributed by atoms with Crippen molar-refractivity contribution in [3.8, 4) is 5.75 Å². The van der Waals surface area contributed by atoms with E-state index in [9.17, 15) is 9.18 Å². The standard InChI is InChI=1S/C19H22FN3O2/c1-25-17-5-3-2-4-15(17)13-23-10-8-16(9-11-23)22-19(24)14-6-7-18(20)21-12-14/h2-7,12,16H,8-11,13H2,1H3,(H,22,24). The number of carbonyl (C=O) groups excluding carboxylic acids is 1. The summed E-state index contributed by atoms with van der Waals surface area (Å²) in [6, 6.07) is 10.8. The first-order valence-corrected chi connectivity index (χ1v) is 8.42. The second-order valence-corrected chi connectivity index (χ2v) is 6.21. The summed E-state index contributed by atoms with van der Waals surface area (Å²) in [6.07, 6.45) is 3.03. The van der Waals surface area contributed by atoms with Gasteiger partial charge in [0.25, 0.3) is 5.91 Å². The zero-order valence-corrected chi connectivity index (χ0v) is 14.2. The summed E-state index contributed by atoms with van der Waals surface area (Å²) in [6.45, 7) is 2.65. The molecule has 25 heavy (non-hydrogen) atoms. The Morgan fingerprint density at radius 1 is 1.28 bits per heavy atom. The van der Waals surface area contributed by atoms with E-state index in [1.807, 2.05) is 18.2 Å². The minimum atomic E-state index is -0.582. The lowest BCUT2D eigenvalue weighted by atomic mass is 10.0. The van der Waals surface area contributed by atoms with Crippen molar-refractivity contribution in [1.82, 2.24) is 15.2 Å². The fourth-order valence-corrected chi connectivity index (χ4v) is 3.09. The summed E-state index contributed by atoms with van der Waals surface area (Å²) >= 11 is 0. The van der Waals surface area contributed by atoms with Crippen LogP contribution in [0.4, 0.5) is 4.39 Å². The molecule has 1 aliphatic rings. The predicted octanol–water partition coefficient (Wildman–Crippen LogP) is 2.62. The molecule has 5 nitrogen and oxygen atoms in total. The summed E-state index contributed by atoms with van der Waals surface area (Å²) in [5, 5.41) is 3.01. The molecule has 0 aliphatic carbocycles. The van der Waals surface area contributed by atoms with Crippen molar-refractivity contribution in [2.45, 2.75) is 25.4 Å². The van der Waals surface area contributed by atoms with E-state index in [-0.39, 0.29) is 11.9 Å². The van der Waals surface area contributed by atoms with E-state index in [4.69, 9.17) is 4.74 Å². The molecule has 0 unspecified atom stereocenters. The fourth-order valence-electron chi connectivity index (χ4n) is 3.09. The highest BCUT2D eigenvalue weighted by atomic mass is 19.1. The molecule has 0 bridgehead atoms. The maximum atomic E-state index is 12.8. The molecule has 1 saturated heterocycles. The highest BCUT2D eigenvalue weighted by Gasteiger charge is 2.22. The molecule has 0 spiro atoms. The van der Waals surface area contributed by atoms with Gasteiger partial charge in [-0.15, -0.1) is 0 Å². The number of halogens is 1. The number of pyridine rings is 1. The third kappa shape index (κ3) is 4.54. The van der Waals surface area contributed by atoms with Crippen molar-refractivity contribution in [3.05, 3.63) is 59.7 Å². The van der Waals surface area contributed by atoms with E-state index >= 15 is 0 Å². The van der Waals surface area contributed by atoms with Gasteiger partial charge in [0, 0.05) is 37.4 Å². The van der Waals surface area contributed by atoms with Crippen LogP contribution in [0.25, 0.3) is 0 Å². The summed E-state index contributed by atoms with van der Waals surface area (Å²) in [4.78, 5) is 18.1. The number of para-hydroxylation sites is 1. The number of hydrogen-bond acceptors (Lipinski definition) is 4. The zero-order chi connectivity index (χ0) is 17.6. The molecule has 2 heterocycles. The molecule has 132 valence electrons. The van der Waals surface area contributed by atoms with Crippen LogP contribution in [0.5, 0.6) is 5.75 Å². The van der Waals surface area contributed by atoms with Gasteiger partial charge < -0.3 is 10.1 Å². The number of rotatable bonds is 5. The third-order valence-electron chi connectivity index (χ3n) is 4.50. The number of piperidine rings is 1. The van der Waals surface area contributed by atoms with E-state index in [1.165, 1.54) is 23.9 Å². The van der Waals surface area contributed by atoms with Gasteiger partial charge in [-0.25, -0.2) is 4.98 Å². The average molecular weight is 343 g/mol. The van der Waals surface area contributed by atoms with Gasteiger partial charge in [0.05, 0.1) is 12.7 Å². The van der Waals surface area contributed by atoms with E-state index < -0.39 is 5.95 Å². The smallest absolute Gasteiger partial charge is 0.253 e. The Bertz CT molecular complexity index is 713. The normalized spacial score (nSPS) is 15.8. The number of methoxy groups -OCH3 is 1. The molecule has 0 atom stereocenters. The van der Waals surface area contributed by atoms with Crippen molar-refractivity contribution in [2.75, 3.05) is 20.2 Å². The molecule has 1 aromatic carbocycles. The SMILES string of the molecule is COc1ccccc1CN1CCC(NC(=O)c2ccc(F)nc2)CC1. The second-order valence-electron chi connectivity index (χ2n) is 6.21. The van der Waals surface area contributed by atoms with Gasteiger partial charge >= 0.3 is 0 Å². The molecule has 2 aromatic rings. The average Bonchev–Trinajstić information content (AvgIpc) is 2.64. The number of aromatic nitrogens is 1. The van der Waals surface area contributed by atoms with Crippen molar-refractivity contribution < 1.29 is 13.9 Å². The quantitative estimate of drug-likeness (QED) is 0.848. The van der Waals surface area contributed by atoms with Crippen molar-refractivity contribution >= 4 is 5.91 Å². The first-order valence-electron chi connectivity index (χ1n) is 8.42. The molecule has 1 aromatic heterocycles. The fraction of sp³-hybridized carbons (Fsp3) is 0.368. The molecular weight excluding hydrogens is 321 g/mol. The Labute approximate surface area is 146 Å². The van der Waals surface area contributed by atoms with E-state index in [0.717, 1.165) is 38.2 Å². The topological polar surface area (TPSA) is 54.5 Å². The van der Waals surface area contributed by atoms with Gasteiger partial charge in [-0.2, -0.15) is 4.39 Å². The predicted molar refractivity (Wildman–Crippen MR) is 93.0 cm³/mol. The molecule has 1 fully saturated rings. The Hall–Kier alpha value is -2.47. The van der Waals surface area contributed by atoms with Crippen molar-refractivity contribution in [2.24, 2.45) is 0 Å². The first-order chi connectivity index (χ1) is 12.2. The summed E-state index contributed by atoms with van der Waals surface area (Å²) in [5.74, 6) is 0.124. The second kappa shape index (κ2) is 8.07. The zero-order valence-electron chi connectivity index (χ0n) is 14.2. The van der Waals surface area contributed by atoms with Crippen molar-refractivity contribution in [1.29, 1.82) is 0 Å². The lowest BCUT2D eigenvalue weighted by Gasteiger charge is -2.32. The Morgan fingerprint density at radius 2 is 2.04 bits per heavy atom. The van der Waals surface area contributed by atoms with Crippen LogP contribution in [0, 0.1) is 5.95 Å². The number of benzene rings is 1. The van der Waals surface area contributed by atoms with Crippen molar-refractivity contribution in [3.63, 3.8) is 0 Å². The summed E-state index contributed by atoms with van der Waals surface area (Å²) in [7, 11) is 1.69. The number of likely N-dealkylation sites (tertiary alicyclic amines) is 1. The largest absolute Gasteiger partial charge is 0.496 e. The Kier molecular flexibility index (Phi) is 5.60. The van der Waals surface area contributed by atoms with Crippen LogP contribution in [0.15, 0.2) is 42.6 Å². The molecule has 0 saturated carbocycles. The van der Waals surface area contributed by atoms with Crippen LogP contribution < -0.4 is 10.1 Å². The van der Waals surface area contributed by atoms with E-state index in [0.29, 0.717) is 5.56 Å². The van der Waals surface area contributed by atoms with Crippen LogP contribution in [0.1, 0.15) is 28.8 Å². The molecule has 3 rings (SSSR count). The van der Waals surface area contributed by atoms with Gasteiger partial charge in [0.15, 0.2) is 0 Å². The lowest BCUT2D eigenvalue weighted by Crippen LogP contribution is -2.44. The van der Waals surface area contributed by atoms with Crippen LogP contribution in [0.3, 0.4) is 0 Å². The third-order valence-corrected chi connectivity index (χ3v) is 4.50. The van der Waals surface area contributed by atoms with Gasteiger partial charge in [-0.3, -0.25) is 9.69 Å². The highest BCUT2D eigenvalue weighted by Crippen LogP contribution is 2.21. The minimum Gasteiger partial charge on any atom is -0.496 e. The molecular formula is C19H22FN3O2. The van der Waals surface area contributed by atoms with Gasteiger partial charge in [0.2, 0.25) is 5.95 Å². The Morgan fingerprint density at radius 3 is 2.72 bits per heavy atom. The van der Waals surface area contributed by atoms with Gasteiger partial charge in [0.1, 0.15) is 5.75 Å². The van der Waals surface area contributed by atoms with Crippen LogP contribution in [-0.4, -0.2) is 42.0 Å². The number of carbonyl (C=O) groups is 1. The molecule has 1 N–H and O–H groups in total. The minimum absolute atomic E-state index is 0.131. The maximum Gasteiger partial charge on any atom is 0.253 e. The first kappa shape index (κ1) is 17.4. The van der Waals surface area contributed by atoms with Crippen LogP contribution in [0.2, 0.25) is 0 Å². The molecule has 0 radical (unpaired) electrons. The summed E-state index contributed by atoms with van der Waals surface area (Å²) in [5.41, 5.74) is 1.56. The number of hydrogen-bond donors (Lipinski definition) is 1. The Balaban J connectivity index is 1.50.